The van der Waals surface area contributed by atoms with Crippen molar-refractivity contribution in [1.29, 1.82) is 0 Å². The molecule has 2 aromatic rings. The molecule has 44 heavy (non-hydrogen) atoms. The predicted octanol–water partition coefficient (Wildman–Crippen LogP) is 9.87. The van der Waals surface area contributed by atoms with Gasteiger partial charge in [-0.3, -0.25) is 4.55 Å². The number of allylic oxidation sites excluding steroid dienone is 2. The van der Waals surface area contributed by atoms with E-state index in [4.69, 9.17) is 4.18 Å². The first-order chi connectivity index (χ1) is 20.9. The minimum absolute atomic E-state index is 0.0930. The van der Waals surface area contributed by atoms with E-state index in [1.807, 2.05) is 27.7 Å². The number of rotatable bonds is 9. The summed E-state index contributed by atoms with van der Waals surface area (Å²) in [4.78, 5) is 0.200. The molecular formula is C36H50O6S2. The molecule has 8 heteroatoms. The maximum Gasteiger partial charge on any atom is 0.339 e. The quantitative estimate of drug-likeness (QED) is 0.166. The average Bonchev–Trinajstić information content (AvgIpc) is 3.00. The molecule has 0 saturated heterocycles. The van der Waals surface area contributed by atoms with E-state index in [1.54, 1.807) is 0 Å². The molecule has 0 heterocycles. The van der Waals surface area contributed by atoms with Crippen molar-refractivity contribution in [2.75, 3.05) is 0 Å². The van der Waals surface area contributed by atoms with E-state index < -0.39 is 20.2 Å². The largest absolute Gasteiger partial charge is 0.379 e. The van der Waals surface area contributed by atoms with Crippen molar-refractivity contribution in [1.82, 2.24) is 0 Å². The van der Waals surface area contributed by atoms with Crippen molar-refractivity contribution in [3.63, 3.8) is 0 Å². The van der Waals surface area contributed by atoms with Gasteiger partial charge < -0.3 is 4.18 Å². The van der Waals surface area contributed by atoms with Gasteiger partial charge in [0.1, 0.15) is 15.5 Å². The topological polar surface area (TPSA) is 97.7 Å². The molecule has 6 nitrogen and oxygen atoms in total. The van der Waals surface area contributed by atoms with Crippen LogP contribution in [0.25, 0.3) is 0 Å². The van der Waals surface area contributed by atoms with Gasteiger partial charge in [0.05, 0.1) is 0 Å². The normalized spacial score (nSPS) is 20.8. The van der Waals surface area contributed by atoms with Crippen LogP contribution in [0, 0.1) is 0 Å². The predicted molar refractivity (Wildman–Crippen MR) is 176 cm³/mol. The van der Waals surface area contributed by atoms with Crippen LogP contribution < -0.4 is 4.18 Å². The third-order valence-corrected chi connectivity index (χ3v) is 12.4. The zero-order valence-electron chi connectivity index (χ0n) is 26.8. The highest BCUT2D eigenvalue weighted by molar-refractivity contribution is 7.87. The average molecular weight is 643 g/mol. The fourth-order valence-corrected chi connectivity index (χ4v) is 10.4. The van der Waals surface area contributed by atoms with Crippen molar-refractivity contribution in [2.45, 2.75) is 151 Å². The second kappa shape index (κ2) is 13.7. The Morgan fingerprint density at radius 3 is 1.57 bits per heavy atom. The molecule has 0 aliphatic heterocycles. The van der Waals surface area contributed by atoms with Crippen LogP contribution in [-0.2, 0) is 20.2 Å². The van der Waals surface area contributed by atoms with Crippen molar-refractivity contribution >= 4 is 20.2 Å². The second-order valence-electron chi connectivity index (χ2n) is 13.9. The van der Waals surface area contributed by atoms with Gasteiger partial charge in [-0.05, 0) is 114 Å². The molecule has 0 amide bonds. The molecule has 2 fully saturated rings. The third-order valence-electron chi connectivity index (χ3n) is 10.1. The number of benzene rings is 2. The van der Waals surface area contributed by atoms with E-state index in [1.165, 1.54) is 30.5 Å². The van der Waals surface area contributed by atoms with Gasteiger partial charge in [0, 0.05) is 0 Å². The summed E-state index contributed by atoms with van der Waals surface area (Å²) in [6, 6.07) is 7.37. The first kappa shape index (κ1) is 33.2. The third kappa shape index (κ3) is 7.28. The van der Waals surface area contributed by atoms with Gasteiger partial charge in [0.15, 0.2) is 0 Å². The SMILES string of the molecule is CC(C)c1cc(OS(=O)(=O)c2c(C3CCCCC3)cc(C3CC=CCC3)cc2C2CCCCC2)cc(C(C)C)c1S(=O)(=O)O. The summed E-state index contributed by atoms with van der Waals surface area (Å²) in [6.45, 7) is 7.31. The van der Waals surface area contributed by atoms with Crippen LogP contribution in [0.1, 0.15) is 169 Å². The van der Waals surface area contributed by atoms with Gasteiger partial charge in [-0.2, -0.15) is 16.8 Å². The van der Waals surface area contributed by atoms with Crippen LogP contribution in [0.15, 0.2) is 46.2 Å². The van der Waals surface area contributed by atoms with Gasteiger partial charge in [0.2, 0.25) is 0 Å². The van der Waals surface area contributed by atoms with Crippen LogP contribution in [0.4, 0.5) is 0 Å². The fraction of sp³-hybridized carbons (Fsp3) is 0.611. The van der Waals surface area contributed by atoms with E-state index in [9.17, 15) is 21.4 Å². The van der Waals surface area contributed by atoms with Crippen LogP contribution in [0.5, 0.6) is 5.75 Å². The Hall–Kier alpha value is -2.16. The Kier molecular flexibility index (Phi) is 10.3. The highest BCUT2D eigenvalue weighted by Crippen LogP contribution is 2.46. The van der Waals surface area contributed by atoms with E-state index in [2.05, 4.69) is 24.3 Å². The first-order valence-corrected chi connectivity index (χ1v) is 19.6. The fourth-order valence-electron chi connectivity index (χ4n) is 7.77. The monoisotopic (exact) mass is 642 g/mol. The minimum atomic E-state index is -4.53. The maximum atomic E-state index is 14.7. The maximum absolute atomic E-state index is 14.7. The Morgan fingerprint density at radius 1 is 0.659 bits per heavy atom. The van der Waals surface area contributed by atoms with Crippen molar-refractivity contribution in [3.05, 3.63) is 64.2 Å². The molecule has 3 aliphatic carbocycles. The Labute approximate surface area is 265 Å². The number of hydrogen-bond donors (Lipinski definition) is 1. The lowest BCUT2D eigenvalue weighted by Crippen LogP contribution is -2.21. The van der Waals surface area contributed by atoms with E-state index in [-0.39, 0.29) is 34.3 Å². The Bertz CT molecular complexity index is 1510. The highest BCUT2D eigenvalue weighted by Gasteiger charge is 2.35. The molecule has 0 bridgehead atoms. The summed E-state index contributed by atoms with van der Waals surface area (Å²) in [7, 11) is -8.81. The van der Waals surface area contributed by atoms with Crippen molar-refractivity contribution in [3.8, 4) is 5.75 Å². The van der Waals surface area contributed by atoms with Gasteiger partial charge in [-0.1, -0.05) is 90.5 Å². The van der Waals surface area contributed by atoms with Crippen LogP contribution >= 0.6 is 0 Å². The van der Waals surface area contributed by atoms with E-state index in [0.29, 0.717) is 21.9 Å². The highest BCUT2D eigenvalue weighted by atomic mass is 32.2. The Balaban J connectivity index is 1.70. The minimum Gasteiger partial charge on any atom is -0.379 e. The zero-order valence-corrected chi connectivity index (χ0v) is 28.5. The lowest BCUT2D eigenvalue weighted by atomic mass is 9.76. The number of hydrogen-bond acceptors (Lipinski definition) is 5. The van der Waals surface area contributed by atoms with E-state index in [0.717, 1.165) is 81.8 Å². The molecule has 1 N–H and O–H groups in total. The molecule has 1 unspecified atom stereocenters. The summed E-state index contributed by atoms with van der Waals surface area (Å²) in [5.41, 5.74) is 3.80. The van der Waals surface area contributed by atoms with Crippen molar-refractivity contribution in [2.24, 2.45) is 0 Å². The molecular weight excluding hydrogens is 593 g/mol. The summed E-state index contributed by atoms with van der Waals surface area (Å²) >= 11 is 0. The first-order valence-electron chi connectivity index (χ1n) is 16.8. The second-order valence-corrected chi connectivity index (χ2v) is 16.8. The molecule has 0 radical (unpaired) electrons. The summed E-state index contributed by atoms with van der Waals surface area (Å²) in [5, 5.41) is 0. The molecule has 5 rings (SSSR count). The molecule has 1 atom stereocenters. The molecule has 2 aromatic carbocycles. The molecule has 2 saturated carbocycles. The molecule has 242 valence electrons. The summed E-state index contributed by atoms with van der Waals surface area (Å²) in [5.74, 6) is 0.244. The van der Waals surface area contributed by atoms with Gasteiger partial charge >= 0.3 is 10.1 Å². The van der Waals surface area contributed by atoms with Gasteiger partial charge in [-0.25, -0.2) is 0 Å². The smallest absolute Gasteiger partial charge is 0.339 e. The van der Waals surface area contributed by atoms with Gasteiger partial charge in [0.25, 0.3) is 10.1 Å². The van der Waals surface area contributed by atoms with Crippen LogP contribution in [-0.4, -0.2) is 21.4 Å². The lowest BCUT2D eigenvalue weighted by Gasteiger charge is -2.31. The molecule has 3 aliphatic rings. The zero-order chi connectivity index (χ0) is 31.6. The Morgan fingerprint density at radius 2 is 1.16 bits per heavy atom. The lowest BCUT2D eigenvalue weighted by molar-refractivity contribution is 0.418. The van der Waals surface area contributed by atoms with E-state index >= 15 is 0 Å². The van der Waals surface area contributed by atoms with Crippen LogP contribution in [0.2, 0.25) is 0 Å². The standard InChI is InChI=1S/C36H50O6S2/c1-24(2)31-22-30(23-32(25(3)4)35(31)43(37,38)39)42-44(40,41)36-33(27-16-10-6-11-17-27)20-29(26-14-8-5-9-15-26)21-34(36)28-18-12-7-13-19-28/h5,8,20-28H,6-7,9-19H2,1-4H3,(H,37,38,39). The molecule has 0 aromatic heterocycles. The van der Waals surface area contributed by atoms with Crippen molar-refractivity contribution < 1.29 is 25.6 Å². The summed E-state index contributed by atoms with van der Waals surface area (Å²) in [6.07, 6.45) is 18.2. The van der Waals surface area contributed by atoms with Gasteiger partial charge in [-0.15, -0.1) is 0 Å². The van der Waals surface area contributed by atoms with Crippen LogP contribution in [0.3, 0.4) is 0 Å². The molecule has 0 spiro atoms. The summed E-state index contributed by atoms with van der Waals surface area (Å²) < 4.78 is 70.5.